The maximum absolute atomic E-state index is 5.86. The Morgan fingerprint density at radius 2 is 2.33 bits per heavy atom. The summed E-state index contributed by atoms with van der Waals surface area (Å²) in [5.74, 6) is 1.24. The average Bonchev–Trinajstić information content (AvgIpc) is 2.30. The van der Waals surface area contributed by atoms with Gasteiger partial charge in [-0.05, 0) is 37.4 Å². The molecule has 0 radical (unpaired) electrons. The van der Waals surface area contributed by atoms with Crippen LogP contribution in [0.2, 0.25) is 0 Å². The molecule has 2 nitrogen and oxygen atoms in total. The van der Waals surface area contributed by atoms with Gasteiger partial charge in [-0.2, -0.15) is 0 Å². The van der Waals surface area contributed by atoms with Gasteiger partial charge in [-0.25, -0.2) is 0 Å². The SMILES string of the molecule is C=Nc1ccc(OC)cc1/C(=C\C)CCl. The molecular weight excluding hydrogens is 210 g/mol. The largest absolute Gasteiger partial charge is 0.497 e. The molecule has 0 aliphatic rings. The number of aliphatic imine (C=N–C) groups is 1. The second kappa shape index (κ2) is 5.56. The molecule has 0 N–H and O–H groups in total. The Kier molecular flexibility index (Phi) is 4.37. The molecule has 15 heavy (non-hydrogen) atoms. The zero-order valence-electron chi connectivity index (χ0n) is 8.96. The molecule has 0 heterocycles. The molecule has 0 amide bonds. The van der Waals surface area contributed by atoms with Crippen molar-refractivity contribution in [1.82, 2.24) is 0 Å². The van der Waals surface area contributed by atoms with Crippen molar-refractivity contribution in [2.45, 2.75) is 6.92 Å². The van der Waals surface area contributed by atoms with Gasteiger partial charge in [0, 0.05) is 11.4 Å². The van der Waals surface area contributed by atoms with Crippen LogP contribution in [-0.2, 0) is 0 Å². The Bertz CT molecular complexity index is 385. The minimum atomic E-state index is 0.451. The number of nitrogens with zero attached hydrogens (tertiary/aromatic N) is 1. The van der Waals surface area contributed by atoms with Crippen LogP contribution >= 0.6 is 11.6 Å². The quantitative estimate of drug-likeness (QED) is 0.564. The van der Waals surface area contributed by atoms with Crippen molar-refractivity contribution in [3.05, 3.63) is 29.8 Å². The van der Waals surface area contributed by atoms with Crippen LogP contribution in [0.3, 0.4) is 0 Å². The normalized spacial score (nSPS) is 11.3. The minimum Gasteiger partial charge on any atom is -0.497 e. The maximum atomic E-state index is 5.86. The number of hydrogen-bond acceptors (Lipinski definition) is 2. The summed E-state index contributed by atoms with van der Waals surface area (Å²) in [7, 11) is 1.64. The third-order valence-electron chi connectivity index (χ3n) is 2.21. The van der Waals surface area contributed by atoms with Crippen molar-refractivity contribution >= 4 is 29.6 Å². The van der Waals surface area contributed by atoms with E-state index in [2.05, 4.69) is 11.7 Å². The maximum Gasteiger partial charge on any atom is 0.119 e. The van der Waals surface area contributed by atoms with E-state index in [-0.39, 0.29) is 0 Å². The second-order valence-corrected chi connectivity index (χ2v) is 3.26. The molecule has 0 atom stereocenters. The number of halogens is 1. The number of allylic oxidation sites excluding steroid dienone is 2. The van der Waals surface area contributed by atoms with Gasteiger partial charge in [0.1, 0.15) is 5.75 Å². The predicted octanol–water partition coefficient (Wildman–Crippen LogP) is 3.67. The van der Waals surface area contributed by atoms with Crippen molar-refractivity contribution in [3.8, 4) is 5.75 Å². The Labute approximate surface area is 95.2 Å². The summed E-state index contributed by atoms with van der Waals surface area (Å²) >= 11 is 5.86. The summed E-state index contributed by atoms with van der Waals surface area (Å²) in [6, 6.07) is 5.65. The fourth-order valence-corrected chi connectivity index (χ4v) is 1.64. The van der Waals surface area contributed by atoms with Crippen molar-refractivity contribution in [1.29, 1.82) is 0 Å². The van der Waals surface area contributed by atoms with E-state index in [0.717, 1.165) is 22.6 Å². The van der Waals surface area contributed by atoms with Crippen molar-refractivity contribution in [2.24, 2.45) is 4.99 Å². The molecule has 1 aromatic carbocycles. The van der Waals surface area contributed by atoms with E-state index in [1.54, 1.807) is 7.11 Å². The average molecular weight is 224 g/mol. The summed E-state index contributed by atoms with van der Waals surface area (Å²) in [5.41, 5.74) is 2.82. The first kappa shape index (κ1) is 11.8. The number of benzene rings is 1. The van der Waals surface area contributed by atoms with E-state index >= 15 is 0 Å². The van der Waals surface area contributed by atoms with Gasteiger partial charge >= 0.3 is 0 Å². The van der Waals surface area contributed by atoms with Gasteiger partial charge < -0.3 is 4.74 Å². The minimum absolute atomic E-state index is 0.451. The second-order valence-electron chi connectivity index (χ2n) is 2.99. The summed E-state index contributed by atoms with van der Waals surface area (Å²) in [6.45, 7) is 5.49. The molecule has 80 valence electrons. The van der Waals surface area contributed by atoms with Crippen LogP contribution < -0.4 is 4.74 Å². The van der Waals surface area contributed by atoms with Crippen molar-refractivity contribution in [3.63, 3.8) is 0 Å². The predicted molar refractivity (Wildman–Crippen MR) is 66.6 cm³/mol. The Balaban J connectivity index is 3.28. The summed E-state index contributed by atoms with van der Waals surface area (Å²) < 4.78 is 5.16. The van der Waals surface area contributed by atoms with Gasteiger partial charge in [-0.3, -0.25) is 4.99 Å². The number of hydrogen-bond donors (Lipinski definition) is 0. The standard InChI is InChI=1S/C12H14ClNO/c1-4-9(8-13)11-7-10(15-3)5-6-12(11)14-2/h4-7H,2,8H2,1,3H3/b9-4-. The molecule has 0 saturated heterocycles. The topological polar surface area (TPSA) is 21.6 Å². The molecule has 1 rings (SSSR count). The smallest absolute Gasteiger partial charge is 0.119 e. The molecule has 0 saturated carbocycles. The molecule has 0 bridgehead atoms. The molecule has 0 unspecified atom stereocenters. The fourth-order valence-electron chi connectivity index (χ4n) is 1.34. The van der Waals surface area contributed by atoms with Crippen LogP contribution in [0.25, 0.3) is 5.57 Å². The van der Waals surface area contributed by atoms with Gasteiger partial charge in [0.2, 0.25) is 0 Å². The molecule has 1 aromatic rings. The highest BCUT2D eigenvalue weighted by Gasteiger charge is 2.06. The van der Waals surface area contributed by atoms with Crippen molar-refractivity contribution < 1.29 is 4.74 Å². The van der Waals surface area contributed by atoms with Crippen LogP contribution in [0.5, 0.6) is 5.75 Å². The molecule has 0 aliphatic carbocycles. The zero-order valence-corrected chi connectivity index (χ0v) is 9.71. The highest BCUT2D eigenvalue weighted by atomic mass is 35.5. The molecule has 3 heteroatoms. The zero-order chi connectivity index (χ0) is 11.3. The first-order valence-corrected chi connectivity index (χ1v) is 5.16. The Morgan fingerprint density at radius 3 is 2.80 bits per heavy atom. The molecule has 0 aromatic heterocycles. The van der Waals surface area contributed by atoms with Gasteiger partial charge in [0.15, 0.2) is 0 Å². The fraction of sp³-hybridized carbons (Fsp3) is 0.250. The Hall–Kier alpha value is -1.28. The van der Waals surface area contributed by atoms with E-state index in [4.69, 9.17) is 16.3 Å². The lowest BCUT2D eigenvalue weighted by Crippen LogP contribution is -1.89. The van der Waals surface area contributed by atoms with Crippen molar-refractivity contribution in [2.75, 3.05) is 13.0 Å². The third kappa shape index (κ3) is 2.60. The Morgan fingerprint density at radius 1 is 1.60 bits per heavy atom. The van der Waals surface area contributed by atoms with E-state index in [1.165, 1.54) is 0 Å². The van der Waals surface area contributed by atoms with Crippen LogP contribution in [0, 0.1) is 0 Å². The van der Waals surface area contributed by atoms with E-state index < -0.39 is 0 Å². The number of ether oxygens (including phenoxy) is 1. The molecular formula is C12H14ClNO. The monoisotopic (exact) mass is 223 g/mol. The number of methoxy groups -OCH3 is 1. The lowest BCUT2D eigenvalue weighted by Gasteiger charge is -2.09. The molecule has 0 aliphatic heterocycles. The summed E-state index contributed by atoms with van der Waals surface area (Å²) in [4.78, 5) is 3.96. The molecule has 0 spiro atoms. The summed E-state index contributed by atoms with van der Waals surface area (Å²) in [6.07, 6.45) is 1.97. The van der Waals surface area contributed by atoms with E-state index in [9.17, 15) is 0 Å². The first-order chi connectivity index (χ1) is 7.26. The van der Waals surface area contributed by atoms with E-state index in [1.807, 2.05) is 31.2 Å². The van der Waals surface area contributed by atoms with E-state index in [0.29, 0.717) is 5.88 Å². The third-order valence-corrected chi connectivity index (χ3v) is 2.50. The van der Waals surface area contributed by atoms with Gasteiger partial charge in [0.05, 0.1) is 12.8 Å². The van der Waals surface area contributed by atoms with Gasteiger partial charge in [-0.1, -0.05) is 6.08 Å². The first-order valence-electron chi connectivity index (χ1n) is 4.63. The lowest BCUT2D eigenvalue weighted by molar-refractivity contribution is 0.414. The highest BCUT2D eigenvalue weighted by Crippen LogP contribution is 2.30. The van der Waals surface area contributed by atoms with Gasteiger partial charge in [0.25, 0.3) is 0 Å². The highest BCUT2D eigenvalue weighted by molar-refractivity contribution is 6.23. The van der Waals surface area contributed by atoms with Crippen LogP contribution in [0.1, 0.15) is 12.5 Å². The summed E-state index contributed by atoms with van der Waals surface area (Å²) in [5, 5.41) is 0. The van der Waals surface area contributed by atoms with Crippen LogP contribution in [-0.4, -0.2) is 19.7 Å². The van der Waals surface area contributed by atoms with Gasteiger partial charge in [-0.15, -0.1) is 11.6 Å². The lowest BCUT2D eigenvalue weighted by atomic mass is 10.0. The van der Waals surface area contributed by atoms with Crippen LogP contribution in [0.4, 0.5) is 5.69 Å². The van der Waals surface area contributed by atoms with Crippen LogP contribution in [0.15, 0.2) is 29.3 Å². The molecule has 0 fully saturated rings. The number of rotatable bonds is 4. The number of alkyl halides is 1.